The number of benzene rings is 1. The number of hydrogen-bond acceptors (Lipinski definition) is 2. The van der Waals surface area contributed by atoms with Gasteiger partial charge >= 0.3 is 0 Å². The summed E-state index contributed by atoms with van der Waals surface area (Å²) in [6.07, 6.45) is 4.96. The standard InChI is InChI=1S/C19H32N2/c1-5-16-9-11-17(12-10-16)19(6-2)21(15(3)4)14-18-8-7-13-20-18/h9-12,15,18-20H,5-8,13-14H2,1-4H3. The Kier molecular flexibility index (Phi) is 6.25. The fourth-order valence-electron chi connectivity index (χ4n) is 3.50. The second kappa shape index (κ2) is 7.95. The van der Waals surface area contributed by atoms with Gasteiger partial charge in [-0.3, -0.25) is 4.90 Å². The third-order valence-electron chi connectivity index (χ3n) is 4.82. The smallest absolute Gasteiger partial charge is 0.0348 e. The average molecular weight is 288 g/mol. The second-order valence-corrected chi connectivity index (χ2v) is 6.60. The molecule has 1 fully saturated rings. The molecule has 1 aliphatic rings. The maximum absolute atomic E-state index is 3.65. The zero-order chi connectivity index (χ0) is 15.2. The summed E-state index contributed by atoms with van der Waals surface area (Å²) in [4.78, 5) is 2.68. The van der Waals surface area contributed by atoms with Crippen LogP contribution >= 0.6 is 0 Å². The summed E-state index contributed by atoms with van der Waals surface area (Å²) < 4.78 is 0. The lowest BCUT2D eigenvalue weighted by atomic mass is 9.98. The summed E-state index contributed by atoms with van der Waals surface area (Å²) in [5, 5.41) is 3.65. The van der Waals surface area contributed by atoms with Crippen LogP contribution in [0.3, 0.4) is 0 Å². The van der Waals surface area contributed by atoms with E-state index in [2.05, 4.69) is 62.2 Å². The minimum Gasteiger partial charge on any atom is -0.313 e. The predicted molar refractivity (Wildman–Crippen MR) is 91.7 cm³/mol. The van der Waals surface area contributed by atoms with E-state index in [1.54, 1.807) is 0 Å². The van der Waals surface area contributed by atoms with Crippen LogP contribution in [0.25, 0.3) is 0 Å². The molecule has 0 amide bonds. The van der Waals surface area contributed by atoms with Crippen LogP contribution in [0.5, 0.6) is 0 Å². The number of rotatable bonds is 7. The van der Waals surface area contributed by atoms with Crippen molar-refractivity contribution in [2.75, 3.05) is 13.1 Å². The molecule has 1 aromatic rings. The molecule has 0 bridgehead atoms. The molecule has 0 saturated carbocycles. The first kappa shape index (κ1) is 16.5. The first-order valence-corrected chi connectivity index (χ1v) is 8.73. The lowest BCUT2D eigenvalue weighted by Gasteiger charge is -2.36. The van der Waals surface area contributed by atoms with Gasteiger partial charge in [0.2, 0.25) is 0 Å². The molecule has 0 aliphatic carbocycles. The molecule has 1 heterocycles. The highest BCUT2D eigenvalue weighted by Crippen LogP contribution is 2.27. The summed E-state index contributed by atoms with van der Waals surface area (Å²) in [5.41, 5.74) is 2.91. The normalized spacial score (nSPS) is 20.4. The third kappa shape index (κ3) is 4.31. The lowest BCUT2D eigenvalue weighted by molar-refractivity contribution is 0.135. The van der Waals surface area contributed by atoms with E-state index in [0.29, 0.717) is 18.1 Å². The Morgan fingerprint density at radius 3 is 2.38 bits per heavy atom. The van der Waals surface area contributed by atoms with Crippen molar-refractivity contribution >= 4 is 0 Å². The maximum atomic E-state index is 3.65. The molecule has 1 saturated heterocycles. The molecule has 2 heteroatoms. The summed E-state index contributed by atoms with van der Waals surface area (Å²) >= 11 is 0. The van der Waals surface area contributed by atoms with E-state index in [-0.39, 0.29) is 0 Å². The van der Waals surface area contributed by atoms with Crippen molar-refractivity contribution < 1.29 is 0 Å². The maximum Gasteiger partial charge on any atom is 0.0348 e. The van der Waals surface area contributed by atoms with Crippen molar-refractivity contribution in [3.8, 4) is 0 Å². The highest BCUT2D eigenvalue weighted by atomic mass is 15.2. The van der Waals surface area contributed by atoms with Gasteiger partial charge in [0, 0.05) is 24.7 Å². The molecular formula is C19H32N2. The Bertz CT molecular complexity index is 404. The van der Waals surface area contributed by atoms with E-state index in [4.69, 9.17) is 0 Å². The van der Waals surface area contributed by atoms with Crippen LogP contribution in [-0.4, -0.2) is 30.1 Å². The fraction of sp³-hybridized carbons (Fsp3) is 0.684. The van der Waals surface area contributed by atoms with Crippen molar-refractivity contribution in [3.05, 3.63) is 35.4 Å². The van der Waals surface area contributed by atoms with E-state index >= 15 is 0 Å². The Morgan fingerprint density at radius 1 is 1.19 bits per heavy atom. The van der Waals surface area contributed by atoms with Crippen LogP contribution in [-0.2, 0) is 6.42 Å². The van der Waals surface area contributed by atoms with Crippen LogP contribution < -0.4 is 5.32 Å². The van der Waals surface area contributed by atoms with Crippen molar-refractivity contribution in [2.45, 2.75) is 71.5 Å². The first-order valence-electron chi connectivity index (χ1n) is 8.73. The molecule has 1 aliphatic heterocycles. The van der Waals surface area contributed by atoms with Crippen LogP contribution in [0.4, 0.5) is 0 Å². The lowest BCUT2D eigenvalue weighted by Crippen LogP contribution is -2.43. The number of nitrogens with one attached hydrogen (secondary N) is 1. The number of hydrogen-bond donors (Lipinski definition) is 1. The third-order valence-corrected chi connectivity index (χ3v) is 4.82. The van der Waals surface area contributed by atoms with Gasteiger partial charge in [-0.2, -0.15) is 0 Å². The molecule has 2 rings (SSSR count). The van der Waals surface area contributed by atoms with Gasteiger partial charge in [-0.1, -0.05) is 38.1 Å². The topological polar surface area (TPSA) is 15.3 Å². The minimum atomic E-state index is 0.540. The molecule has 118 valence electrons. The molecule has 0 aromatic heterocycles. The molecule has 2 atom stereocenters. The zero-order valence-corrected chi connectivity index (χ0v) is 14.2. The Morgan fingerprint density at radius 2 is 1.90 bits per heavy atom. The van der Waals surface area contributed by atoms with E-state index < -0.39 is 0 Å². The minimum absolute atomic E-state index is 0.540. The molecule has 2 nitrogen and oxygen atoms in total. The Balaban J connectivity index is 2.13. The van der Waals surface area contributed by atoms with E-state index in [1.807, 2.05) is 0 Å². The average Bonchev–Trinajstić information content (AvgIpc) is 3.00. The highest BCUT2D eigenvalue weighted by Gasteiger charge is 2.25. The monoisotopic (exact) mass is 288 g/mol. The molecule has 21 heavy (non-hydrogen) atoms. The van der Waals surface area contributed by atoms with Gasteiger partial charge in [-0.25, -0.2) is 0 Å². The Hall–Kier alpha value is -0.860. The van der Waals surface area contributed by atoms with Gasteiger partial charge < -0.3 is 5.32 Å². The predicted octanol–water partition coefficient (Wildman–Crippen LogP) is 4.16. The quantitative estimate of drug-likeness (QED) is 0.810. The van der Waals surface area contributed by atoms with Crippen molar-refractivity contribution in [2.24, 2.45) is 0 Å². The molecule has 0 spiro atoms. The van der Waals surface area contributed by atoms with Gasteiger partial charge in [0.05, 0.1) is 0 Å². The Labute approximate surface area is 130 Å². The molecule has 1 N–H and O–H groups in total. The summed E-state index contributed by atoms with van der Waals surface area (Å²) in [7, 11) is 0. The van der Waals surface area contributed by atoms with E-state index in [0.717, 1.165) is 6.42 Å². The molecule has 0 radical (unpaired) electrons. The zero-order valence-electron chi connectivity index (χ0n) is 14.2. The molecule has 2 unspecified atom stereocenters. The van der Waals surface area contributed by atoms with Crippen LogP contribution in [0.1, 0.15) is 64.1 Å². The first-order chi connectivity index (χ1) is 10.2. The fourth-order valence-corrected chi connectivity index (χ4v) is 3.50. The molecular weight excluding hydrogens is 256 g/mol. The van der Waals surface area contributed by atoms with Crippen molar-refractivity contribution in [3.63, 3.8) is 0 Å². The van der Waals surface area contributed by atoms with Gasteiger partial charge in [0.25, 0.3) is 0 Å². The van der Waals surface area contributed by atoms with Gasteiger partial charge in [-0.05, 0) is 57.2 Å². The largest absolute Gasteiger partial charge is 0.313 e. The van der Waals surface area contributed by atoms with Gasteiger partial charge in [0.1, 0.15) is 0 Å². The summed E-state index contributed by atoms with van der Waals surface area (Å²) in [6, 6.07) is 11.1. The molecule has 1 aromatic carbocycles. The summed E-state index contributed by atoms with van der Waals surface area (Å²) in [5.74, 6) is 0. The second-order valence-electron chi connectivity index (χ2n) is 6.60. The van der Waals surface area contributed by atoms with Crippen LogP contribution in [0.2, 0.25) is 0 Å². The van der Waals surface area contributed by atoms with Crippen molar-refractivity contribution in [1.82, 2.24) is 10.2 Å². The van der Waals surface area contributed by atoms with Crippen LogP contribution in [0, 0.1) is 0 Å². The number of nitrogens with zero attached hydrogens (tertiary/aromatic N) is 1. The van der Waals surface area contributed by atoms with Gasteiger partial charge in [0.15, 0.2) is 0 Å². The van der Waals surface area contributed by atoms with Gasteiger partial charge in [-0.15, -0.1) is 0 Å². The SMILES string of the molecule is CCc1ccc(C(CC)N(CC2CCCN2)C(C)C)cc1. The van der Waals surface area contributed by atoms with E-state index in [9.17, 15) is 0 Å². The van der Waals surface area contributed by atoms with Crippen LogP contribution in [0.15, 0.2) is 24.3 Å². The van der Waals surface area contributed by atoms with E-state index in [1.165, 1.54) is 43.5 Å². The number of aryl methyl sites for hydroxylation is 1. The van der Waals surface area contributed by atoms with Crippen molar-refractivity contribution in [1.29, 1.82) is 0 Å². The summed E-state index contributed by atoms with van der Waals surface area (Å²) in [6.45, 7) is 11.6. The highest BCUT2D eigenvalue weighted by molar-refractivity contribution is 5.25.